The van der Waals surface area contributed by atoms with Crippen LogP contribution in [0.15, 0.2) is 29.1 Å². The SMILES string of the molecule is CCOc1ccc2[nH]c(=O)c(CN(Cc3nnnn3C3CCCCC3)CC3CCCO3)cc2c1. The predicted octanol–water partition coefficient (Wildman–Crippen LogP) is 3.60. The summed E-state index contributed by atoms with van der Waals surface area (Å²) in [6.45, 7) is 5.20. The Morgan fingerprint density at radius 3 is 2.82 bits per heavy atom. The van der Waals surface area contributed by atoms with Crippen LogP contribution in [0.5, 0.6) is 5.75 Å². The number of ether oxygens (including phenoxy) is 2. The Balaban J connectivity index is 1.40. The average Bonchev–Trinajstić information content (AvgIpc) is 3.53. The minimum atomic E-state index is -0.0686. The molecule has 34 heavy (non-hydrogen) atoms. The van der Waals surface area contributed by atoms with E-state index in [4.69, 9.17) is 9.47 Å². The predicted molar refractivity (Wildman–Crippen MR) is 129 cm³/mol. The summed E-state index contributed by atoms with van der Waals surface area (Å²) >= 11 is 0. The first-order valence-corrected chi connectivity index (χ1v) is 12.6. The summed E-state index contributed by atoms with van der Waals surface area (Å²) in [5.41, 5.74) is 1.46. The van der Waals surface area contributed by atoms with Gasteiger partial charge in [-0.2, -0.15) is 0 Å². The largest absolute Gasteiger partial charge is 0.494 e. The van der Waals surface area contributed by atoms with Crippen molar-refractivity contribution in [1.29, 1.82) is 0 Å². The molecule has 2 aromatic heterocycles. The molecule has 2 aliphatic rings. The van der Waals surface area contributed by atoms with Gasteiger partial charge in [-0.3, -0.25) is 9.69 Å². The van der Waals surface area contributed by atoms with Crippen molar-refractivity contribution in [3.05, 3.63) is 46.0 Å². The summed E-state index contributed by atoms with van der Waals surface area (Å²) in [7, 11) is 0. The third-order valence-corrected chi connectivity index (χ3v) is 6.93. The standard InChI is InChI=1S/C25H34N6O3/c1-2-33-21-10-11-23-18(14-21)13-19(25(32)26-23)15-30(16-22-9-6-12-34-22)17-24-27-28-29-31(24)20-7-4-3-5-8-20/h10-11,13-14,20,22H,2-9,12,15-17H2,1H3,(H,26,32). The Bertz CT molecular complexity index is 1150. The molecule has 1 aliphatic carbocycles. The highest BCUT2D eigenvalue weighted by atomic mass is 16.5. The highest BCUT2D eigenvalue weighted by Gasteiger charge is 2.25. The lowest BCUT2D eigenvalue weighted by Crippen LogP contribution is -2.34. The number of rotatable bonds is 9. The van der Waals surface area contributed by atoms with Gasteiger partial charge in [-0.15, -0.1) is 5.10 Å². The zero-order valence-electron chi connectivity index (χ0n) is 19.9. The number of hydrogen-bond donors (Lipinski definition) is 1. The van der Waals surface area contributed by atoms with Crippen molar-refractivity contribution >= 4 is 10.9 Å². The van der Waals surface area contributed by atoms with Crippen molar-refractivity contribution in [2.24, 2.45) is 0 Å². The summed E-state index contributed by atoms with van der Waals surface area (Å²) in [5, 5.41) is 13.7. The Hall–Kier alpha value is -2.78. The Kier molecular flexibility index (Phi) is 7.20. The highest BCUT2D eigenvalue weighted by molar-refractivity contribution is 5.80. The molecule has 9 heteroatoms. The summed E-state index contributed by atoms with van der Waals surface area (Å²) in [6, 6.07) is 8.10. The highest BCUT2D eigenvalue weighted by Crippen LogP contribution is 2.28. The van der Waals surface area contributed by atoms with Gasteiger partial charge in [0, 0.05) is 36.2 Å². The van der Waals surface area contributed by atoms with Crippen LogP contribution in [-0.4, -0.2) is 56.0 Å². The smallest absolute Gasteiger partial charge is 0.252 e. The quantitative estimate of drug-likeness (QED) is 0.514. The topological polar surface area (TPSA) is 98.2 Å². The third-order valence-electron chi connectivity index (χ3n) is 6.93. The normalized spacial score (nSPS) is 19.3. The van der Waals surface area contributed by atoms with E-state index in [0.29, 0.717) is 25.7 Å². The van der Waals surface area contributed by atoms with Gasteiger partial charge in [-0.25, -0.2) is 4.68 Å². The van der Waals surface area contributed by atoms with Crippen molar-refractivity contribution in [2.75, 3.05) is 19.8 Å². The number of aromatic nitrogens is 5. The van der Waals surface area contributed by atoms with Crippen molar-refractivity contribution in [1.82, 2.24) is 30.1 Å². The average molecular weight is 467 g/mol. The zero-order chi connectivity index (χ0) is 23.3. The molecular formula is C25H34N6O3. The molecule has 1 aliphatic heterocycles. The van der Waals surface area contributed by atoms with Gasteiger partial charge in [-0.1, -0.05) is 19.3 Å². The first kappa shape index (κ1) is 23.0. The van der Waals surface area contributed by atoms with Crippen LogP contribution in [-0.2, 0) is 17.8 Å². The van der Waals surface area contributed by atoms with E-state index >= 15 is 0 Å². The summed E-state index contributed by atoms with van der Waals surface area (Å²) in [4.78, 5) is 18.2. The Labute approximate surface area is 199 Å². The number of fused-ring (bicyclic) bond motifs is 1. The van der Waals surface area contributed by atoms with Gasteiger partial charge in [0.15, 0.2) is 5.82 Å². The fourth-order valence-electron chi connectivity index (χ4n) is 5.23. The van der Waals surface area contributed by atoms with Crippen LogP contribution in [0.1, 0.15) is 69.3 Å². The molecule has 3 heterocycles. The maximum atomic E-state index is 12.9. The lowest BCUT2D eigenvalue weighted by atomic mass is 9.95. The van der Waals surface area contributed by atoms with Gasteiger partial charge in [-0.05, 0) is 67.3 Å². The molecular weight excluding hydrogens is 432 g/mol. The van der Waals surface area contributed by atoms with Crippen molar-refractivity contribution in [2.45, 2.75) is 77.1 Å². The Morgan fingerprint density at radius 2 is 2.03 bits per heavy atom. The van der Waals surface area contributed by atoms with Crippen LogP contribution in [0.25, 0.3) is 10.9 Å². The van der Waals surface area contributed by atoms with Gasteiger partial charge in [0.25, 0.3) is 5.56 Å². The van der Waals surface area contributed by atoms with E-state index in [-0.39, 0.29) is 11.7 Å². The maximum absolute atomic E-state index is 12.9. The molecule has 182 valence electrons. The maximum Gasteiger partial charge on any atom is 0.252 e. The number of tetrazole rings is 1. The van der Waals surface area contributed by atoms with Gasteiger partial charge < -0.3 is 14.5 Å². The van der Waals surface area contributed by atoms with Gasteiger partial charge in [0.2, 0.25) is 0 Å². The van der Waals surface area contributed by atoms with E-state index in [9.17, 15) is 4.79 Å². The van der Waals surface area contributed by atoms with Crippen LogP contribution in [0.2, 0.25) is 0 Å². The van der Waals surface area contributed by atoms with Crippen LogP contribution >= 0.6 is 0 Å². The van der Waals surface area contributed by atoms with E-state index in [1.165, 1.54) is 19.3 Å². The molecule has 9 nitrogen and oxygen atoms in total. The molecule has 2 fully saturated rings. The first-order valence-electron chi connectivity index (χ1n) is 12.6. The van der Waals surface area contributed by atoms with E-state index in [1.54, 1.807) is 0 Å². The van der Waals surface area contributed by atoms with E-state index in [1.807, 2.05) is 35.9 Å². The van der Waals surface area contributed by atoms with Crippen LogP contribution < -0.4 is 10.3 Å². The first-order chi connectivity index (χ1) is 16.7. The summed E-state index contributed by atoms with van der Waals surface area (Å²) in [6.07, 6.45) is 8.26. The summed E-state index contributed by atoms with van der Waals surface area (Å²) in [5.74, 6) is 1.66. The number of nitrogens with zero attached hydrogens (tertiary/aromatic N) is 5. The summed E-state index contributed by atoms with van der Waals surface area (Å²) < 4.78 is 13.6. The number of H-pyrrole nitrogens is 1. The molecule has 0 radical (unpaired) electrons. The number of pyridine rings is 1. The lowest BCUT2D eigenvalue weighted by Gasteiger charge is -2.27. The molecule has 1 aromatic carbocycles. The molecule has 1 N–H and O–H groups in total. The van der Waals surface area contributed by atoms with Gasteiger partial charge in [0.05, 0.1) is 25.3 Å². The van der Waals surface area contributed by atoms with Crippen molar-refractivity contribution in [3.63, 3.8) is 0 Å². The molecule has 1 saturated heterocycles. The van der Waals surface area contributed by atoms with Gasteiger partial charge >= 0.3 is 0 Å². The second kappa shape index (κ2) is 10.7. The zero-order valence-corrected chi connectivity index (χ0v) is 19.9. The Morgan fingerprint density at radius 1 is 1.15 bits per heavy atom. The van der Waals surface area contributed by atoms with E-state index < -0.39 is 0 Å². The van der Waals surface area contributed by atoms with Crippen LogP contribution in [0.4, 0.5) is 0 Å². The molecule has 1 unspecified atom stereocenters. The van der Waals surface area contributed by atoms with Crippen molar-refractivity contribution in [3.8, 4) is 5.75 Å². The van der Waals surface area contributed by atoms with Crippen molar-refractivity contribution < 1.29 is 9.47 Å². The monoisotopic (exact) mass is 466 g/mol. The van der Waals surface area contributed by atoms with E-state index in [0.717, 1.165) is 66.9 Å². The minimum Gasteiger partial charge on any atom is -0.494 e. The third kappa shape index (κ3) is 5.31. The molecule has 0 amide bonds. The second-order valence-corrected chi connectivity index (χ2v) is 9.44. The fourth-order valence-corrected chi connectivity index (χ4v) is 5.23. The number of nitrogens with one attached hydrogen (secondary N) is 1. The molecule has 0 bridgehead atoms. The molecule has 0 spiro atoms. The minimum absolute atomic E-state index is 0.0686. The number of aromatic amines is 1. The van der Waals surface area contributed by atoms with Crippen LogP contribution in [0.3, 0.4) is 0 Å². The second-order valence-electron chi connectivity index (χ2n) is 9.44. The number of benzene rings is 1. The lowest BCUT2D eigenvalue weighted by molar-refractivity contribution is 0.0659. The molecule has 1 saturated carbocycles. The number of hydrogen-bond acceptors (Lipinski definition) is 7. The molecule has 1 atom stereocenters. The fraction of sp³-hybridized carbons (Fsp3) is 0.600. The van der Waals surface area contributed by atoms with E-state index in [2.05, 4.69) is 25.4 Å². The molecule has 5 rings (SSSR count). The molecule has 3 aromatic rings. The van der Waals surface area contributed by atoms with Crippen LogP contribution in [0, 0.1) is 0 Å². The van der Waals surface area contributed by atoms with Gasteiger partial charge in [0.1, 0.15) is 5.75 Å².